The van der Waals surface area contributed by atoms with Crippen molar-refractivity contribution in [2.75, 3.05) is 20.2 Å². The van der Waals surface area contributed by atoms with Crippen LogP contribution in [0.25, 0.3) is 0 Å². The Hall–Kier alpha value is -1.55. The predicted molar refractivity (Wildman–Crippen MR) is 75.3 cm³/mol. The quantitative estimate of drug-likeness (QED) is 0.865. The molecule has 1 aromatic rings. The zero-order valence-electron chi connectivity index (χ0n) is 11.9. The van der Waals surface area contributed by atoms with Crippen LogP contribution in [0, 0.1) is 19.8 Å². The smallest absolute Gasteiger partial charge is 0.224 e. The molecule has 0 aliphatic carbocycles. The van der Waals surface area contributed by atoms with Crippen LogP contribution in [0.1, 0.15) is 23.1 Å². The molecule has 104 valence electrons. The second-order valence-corrected chi connectivity index (χ2v) is 5.16. The predicted octanol–water partition coefficient (Wildman–Crippen LogP) is 1.54. The first kappa shape index (κ1) is 13.9. The van der Waals surface area contributed by atoms with E-state index in [1.54, 1.807) is 7.11 Å². The van der Waals surface area contributed by atoms with E-state index < -0.39 is 0 Å². The first-order valence-corrected chi connectivity index (χ1v) is 6.74. The van der Waals surface area contributed by atoms with Crippen molar-refractivity contribution < 1.29 is 9.53 Å². The van der Waals surface area contributed by atoms with Crippen molar-refractivity contribution in [2.24, 2.45) is 5.92 Å². The molecule has 1 aliphatic rings. The molecular formula is C15H22N2O2. The molecule has 0 spiro atoms. The van der Waals surface area contributed by atoms with Crippen molar-refractivity contribution in [2.45, 2.75) is 26.8 Å². The van der Waals surface area contributed by atoms with Gasteiger partial charge in [-0.2, -0.15) is 0 Å². The number of benzene rings is 1. The van der Waals surface area contributed by atoms with Gasteiger partial charge in [-0.3, -0.25) is 4.79 Å². The molecule has 1 unspecified atom stereocenters. The highest BCUT2D eigenvalue weighted by molar-refractivity contribution is 5.79. The largest absolute Gasteiger partial charge is 0.496 e. The van der Waals surface area contributed by atoms with Gasteiger partial charge in [-0.1, -0.05) is 6.07 Å². The maximum Gasteiger partial charge on any atom is 0.224 e. The summed E-state index contributed by atoms with van der Waals surface area (Å²) in [6.07, 6.45) is 0.937. The summed E-state index contributed by atoms with van der Waals surface area (Å²) in [7, 11) is 1.68. The highest BCUT2D eigenvalue weighted by Crippen LogP contribution is 2.22. The van der Waals surface area contributed by atoms with Gasteiger partial charge in [0.2, 0.25) is 5.91 Å². The van der Waals surface area contributed by atoms with Crippen LogP contribution in [0.4, 0.5) is 0 Å². The molecule has 2 N–H and O–H groups in total. The molecule has 1 heterocycles. The Labute approximate surface area is 114 Å². The van der Waals surface area contributed by atoms with E-state index in [9.17, 15) is 4.79 Å². The fourth-order valence-corrected chi connectivity index (χ4v) is 2.46. The molecule has 0 bridgehead atoms. The molecule has 4 heteroatoms. The molecule has 4 nitrogen and oxygen atoms in total. The minimum Gasteiger partial charge on any atom is -0.496 e. The first-order chi connectivity index (χ1) is 9.11. The summed E-state index contributed by atoms with van der Waals surface area (Å²) < 4.78 is 5.29. The summed E-state index contributed by atoms with van der Waals surface area (Å²) >= 11 is 0. The van der Waals surface area contributed by atoms with Crippen molar-refractivity contribution in [3.05, 3.63) is 28.8 Å². The average Bonchev–Trinajstić information content (AvgIpc) is 2.93. The monoisotopic (exact) mass is 262 g/mol. The van der Waals surface area contributed by atoms with Crippen LogP contribution in [-0.4, -0.2) is 26.1 Å². The third-order valence-electron chi connectivity index (χ3n) is 3.74. The Morgan fingerprint density at radius 3 is 2.84 bits per heavy atom. The lowest BCUT2D eigenvalue weighted by atomic mass is 10.0. The van der Waals surface area contributed by atoms with Crippen LogP contribution in [0.5, 0.6) is 5.75 Å². The van der Waals surface area contributed by atoms with Crippen molar-refractivity contribution in [1.29, 1.82) is 0 Å². The topological polar surface area (TPSA) is 50.4 Å². The van der Waals surface area contributed by atoms with Gasteiger partial charge in [-0.15, -0.1) is 0 Å². The van der Waals surface area contributed by atoms with Crippen LogP contribution in [0.15, 0.2) is 12.1 Å². The fourth-order valence-electron chi connectivity index (χ4n) is 2.46. The van der Waals surface area contributed by atoms with Crippen molar-refractivity contribution in [3.63, 3.8) is 0 Å². The molecule has 1 amide bonds. The summed E-state index contributed by atoms with van der Waals surface area (Å²) in [5.41, 5.74) is 3.39. The SMILES string of the molecule is COc1cc(C)c(CNC(=O)C2CCNC2)cc1C. The van der Waals surface area contributed by atoms with Gasteiger partial charge in [0.1, 0.15) is 5.75 Å². The van der Waals surface area contributed by atoms with Gasteiger partial charge >= 0.3 is 0 Å². The van der Waals surface area contributed by atoms with Crippen LogP contribution in [0.3, 0.4) is 0 Å². The maximum absolute atomic E-state index is 12.0. The Balaban J connectivity index is 1.99. The van der Waals surface area contributed by atoms with Crippen LogP contribution >= 0.6 is 0 Å². The fraction of sp³-hybridized carbons (Fsp3) is 0.533. The van der Waals surface area contributed by atoms with Gasteiger partial charge in [0.15, 0.2) is 0 Å². The molecule has 1 atom stereocenters. The molecule has 2 rings (SSSR count). The lowest BCUT2D eigenvalue weighted by Gasteiger charge is -2.14. The number of hydrogen-bond donors (Lipinski definition) is 2. The van der Waals surface area contributed by atoms with Gasteiger partial charge < -0.3 is 15.4 Å². The van der Waals surface area contributed by atoms with Crippen molar-refractivity contribution >= 4 is 5.91 Å². The summed E-state index contributed by atoms with van der Waals surface area (Å²) in [5, 5.41) is 6.24. The van der Waals surface area contributed by atoms with E-state index in [1.165, 1.54) is 0 Å². The second kappa shape index (κ2) is 6.06. The zero-order chi connectivity index (χ0) is 13.8. The number of carbonyl (C=O) groups excluding carboxylic acids is 1. The van der Waals surface area contributed by atoms with Gasteiger partial charge in [-0.25, -0.2) is 0 Å². The lowest BCUT2D eigenvalue weighted by Crippen LogP contribution is -2.31. The summed E-state index contributed by atoms with van der Waals surface area (Å²) in [4.78, 5) is 12.0. The number of rotatable bonds is 4. The van der Waals surface area contributed by atoms with E-state index in [0.29, 0.717) is 6.54 Å². The van der Waals surface area contributed by atoms with E-state index in [4.69, 9.17) is 4.74 Å². The van der Waals surface area contributed by atoms with Crippen molar-refractivity contribution in [3.8, 4) is 5.75 Å². The number of carbonyl (C=O) groups is 1. The molecule has 0 aromatic heterocycles. The lowest BCUT2D eigenvalue weighted by molar-refractivity contribution is -0.124. The second-order valence-electron chi connectivity index (χ2n) is 5.16. The van der Waals surface area contributed by atoms with E-state index in [1.807, 2.05) is 19.9 Å². The summed E-state index contributed by atoms with van der Waals surface area (Å²) in [6.45, 7) is 6.39. The molecular weight excluding hydrogens is 240 g/mol. The highest BCUT2D eigenvalue weighted by atomic mass is 16.5. The molecule has 1 aliphatic heterocycles. The molecule has 1 aromatic carbocycles. The molecule has 0 radical (unpaired) electrons. The first-order valence-electron chi connectivity index (χ1n) is 6.74. The van der Waals surface area contributed by atoms with Crippen LogP contribution in [0.2, 0.25) is 0 Å². The van der Waals surface area contributed by atoms with Crippen LogP contribution in [-0.2, 0) is 11.3 Å². The minimum atomic E-state index is 0.125. The van der Waals surface area contributed by atoms with Gasteiger partial charge in [0.05, 0.1) is 13.0 Å². The number of hydrogen-bond acceptors (Lipinski definition) is 3. The van der Waals surface area contributed by atoms with E-state index in [-0.39, 0.29) is 11.8 Å². The third-order valence-corrected chi connectivity index (χ3v) is 3.74. The van der Waals surface area contributed by atoms with Gasteiger partial charge in [-0.05, 0) is 49.6 Å². The number of nitrogens with one attached hydrogen (secondary N) is 2. The molecule has 1 saturated heterocycles. The number of ether oxygens (including phenoxy) is 1. The normalized spacial score (nSPS) is 18.4. The highest BCUT2D eigenvalue weighted by Gasteiger charge is 2.22. The third kappa shape index (κ3) is 3.26. The zero-order valence-corrected chi connectivity index (χ0v) is 11.9. The Bertz CT molecular complexity index is 465. The number of methoxy groups -OCH3 is 1. The summed E-state index contributed by atoms with van der Waals surface area (Å²) in [6, 6.07) is 4.11. The van der Waals surface area contributed by atoms with E-state index in [0.717, 1.165) is 42.0 Å². The number of amides is 1. The standard InChI is InChI=1S/C15H22N2O2/c1-10-7-14(19-3)11(2)6-13(10)9-17-15(18)12-4-5-16-8-12/h6-7,12,16H,4-5,8-9H2,1-3H3,(H,17,18). The van der Waals surface area contributed by atoms with Gasteiger partial charge in [0, 0.05) is 13.1 Å². The van der Waals surface area contributed by atoms with E-state index in [2.05, 4.69) is 16.7 Å². The Kier molecular flexibility index (Phi) is 4.43. The minimum absolute atomic E-state index is 0.125. The molecule has 19 heavy (non-hydrogen) atoms. The Morgan fingerprint density at radius 1 is 1.42 bits per heavy atom. The molecule has 1 fully saturated rings. The molecule has 0 saturated carbocycles. The number of aryl methyl sites for hydroxylation is 2. The Morgan fingerprint density at radius 2 is 2.21 bits per heavy atom. The summed E-state index contributed by atoms with van der Waals surface area (Å²) in [5.74, 6) is 1.17. The van der Waals surface area contributed by atoms with Crippen molar-refractivity contribution in [1.82, 2.24) is 10.6 Å². The maximum atomic E-state index is 12.0. The van der Waals surface area contributed by atoms with Gasteiger partial charge in [0.25, 0.3) is 0 Å². The average molecular weight is 262 g/mol. The van der Waals surface area contributed by atoms with Crippen LogP contribution < -0.4 is 15.4 Å². The van der Waals surface area contributed by atoms with E-state index >= 15 is 0 Å².